The van der Waals surface area contributed by atoms with E-state index in [1.807, 2.05) is 6.92 Å². The lowest BCUT2D eigenvalue weighted by molar-refractivity contribution is -0.143. The van der Waals surface area contributed by atoms with Gasteiger partial charge in [0.2, 0.25) is 0 Å². The summed E-state index contributed by atoms with van der Waals surface area (Å²) in [6.45, 7) is 2.05. The van der Waals surface area contributed by atoms with Gasteiger partial charge in [0.1, 0.15) is 0 Å². The monoisotopic (exact) mass is 311 g/mol. The van der Waals surface area contributed by atoms with Crippen molar-refractivity contribution < 1.29 is 26.3 Å². The first-order valence-corrected chi connectivity index (χ1v) is 6.57. The van der Waals surface area contributed by atoms with Crippen LogP contribution in [0.15, 0.2) is 18.2 Å². The van der Waals surface area contributed by atoms with E-state index in [-0.39, 0.29) is 24.2 Å². The van der Waals surface area contributed by atoms with E-state index in [4.69, 9.17) is 0 Å². The van der Waals surface area contributed by atoms with E-state index in [1.165, 1.54) is 0 Å². The predicted octanol–water partition coefficient (Wildman–Crippen LogP) is 4.61. The van der Waals surface area contributed by atoms with Crippen molar-refractivity contribution >= 4 is 0 Å². The van der Waals surface area contributed by atoms with Crippen molar-refractivity contribution in [3.05, 3.63) is 34.9 Å². The van der Waals surface area contributed by atoms with Crippen molar-refractivity contribution in [2.45, 2.75) is 44.7 Å². The van der Waals surface area contributed by atoms with E-state index in [0.717, 1.165) is 25.0 Å². The maximum atomic E-state index is 12.7. The van der Waals surface area contributed by atoms with Gasteiger partial charge < -0.3 is 5.32 Å². The number of alkyl halides is 6. The van der Waals surface area contributed by atoms with Gasteiger partial charge in [-0.15, -0.1) is 0 Å². The van der Waals surface area contributed by atoms with Crippen molar-refractivity contribution in [2.24, 2.45) is 5.92 Å². The minimum Gasteiger partial charge on any atom is -0.310 e. The molecule has 1 aromatic carbocycles. The van der Waals surface area contributed by atoms with Crippen LogP contribution in [0.3, 0.4) is 0 Å². The van der Waals surface area contributed by atoms with Gasteiger partial charge in [-0.25, -0.2) is 0 Å². The molecule has 0 aliphatic heterocycles. The minimum absolute atomic E-state index is 0.00305. The van der Waals surface area contributed by atoms with Gasteiger partial charge in [0.15, 0.2) is 0 Å². The molecular weight excluding hydrogens is 296 g/mol. The lowest BCUT2D eigenvalue weighted by Gasteiger charge is -2.33. The zero-order valence-corrected chi connectivity index (χ0v) is 11.3. The van der Waals surface area contributed by atoms with Crippen LogP contribution in [0.4, 0.5) is 26.3 Å². The molecule has 0 atom stereocenters. The third-order valence-corrected chi connectivity index (χ3v) is 3.62. The van der Waals surface area contributed by atoms with Crippen LogP contribution in [0.5, 0.6) is 0 Å². The Kier molecular flexibility index (Phi) is 4.24. The van der Waals surface area contributed by atoms with Crippen LogP contribution in [-0.2, 0) is 18.9 Å². The summed E-state index contributed by atoms with van der Waals surface area (Å²) in [6, 6.07) is 1.85. The second-order valence-electron chi connectivity index (χ2n) is 5.57. The van der Waals surface area contributed by atoms with Crippen molar-refractivity contribution in [1.82, 2.24) is 5.32 Å². The van der Waals surface area contributed by atoms with E-state index in [9.17, 15) is 26.3 Å². The van der Waals surface area contributed by atoms with Crippen molar-refractivity contribution in [3.8, 4) is 0 Å². The molecule has 0 amide bonds. The van der Waals surface area contributed by atoms with Crippen molar-refractivity contribution in [3.63, 3.8) is 0 Å². The van der Waals surface area contributed by atoms with Gasteiger partial charge in [-0.2, -0.15) is 26.3 Å². The third-order valence-electron chi connectivity index (χ3n) is 3.62. The molecule has 118 valence electrons. The standard InChI is InChI=1S/C14H15F6N/c1-8-2-12(3-8)21-7-9-4-10(13(15,16)17)6-11(5-9)14(18,19)20/h4-6,8,12,21H,2-3,7H2,1H3. The van der Waals surface area contributed by atoms with E-state index < -0.39 is 23.5 Å². The van der Waals surface area contributed by atoms with Crippen molar-refractivity contribution in [2.75, 3.05) is 0 Å². The lowest BCUT2D eigenvalue weighted by Crippen LogP contribution is -2.39. The average Bonchev–Trinajstić information content (AvgIpc) is 2.30. The summed E-state index contributed by atoms with van der Waals surface area (Å²) in [7, 11) is 0. The highest BCUT2D eigenvalue weighted by molar-refractivity contribution is 5.33. The average molecular weight is 311 g/mol. The first kappa shape index (κ1) is 16.1. The second kappa shape index (κ2) is 5.51. The molecule has 0 spiro atoms. The number of nitrogens with one attached hydrogen (secondary N) is 1. The summed E-state index contributed by atoms with van der Waals surface area (Å²) in [6.07, 6.45) is -7.79. The van der Waals surface area contributed by atoms with Gasteiger partial charge in [-0.3, -0.25) is 0 Å². The summed E-state index contributed by atoms with van der Waals surface area (Å²) in [5, 5.41) is 2.99. The van der Waals surface area contributed by atoms with E-state index >= 15 is 0 Å². The fraction of sp³-hybridized carbons (Fsp3) is 0.571. The Bertz CT molecular complexity index is 467. The van der Waals surface area contributed by atoms with E-state index in [1.54, 1.807) is 0 Å². The minimum atomic E-state index is -4.79. The molecule has 0 heterocycles. The van der Waals surface area contributed by atoms with Crippen LogP contribution in [-0.4, -0.2) is 6.04 Å². The Balaban J connectivity index is 2.19. The van der Waals surface area contributed by atoms with E-state index in [0.29, 0.717) is 5.92 Å². The Hall–Kier alpha value is -1.24. The summed E-state index contributed by atoms with van der Waals surface area (Å²) in [4.78, 5) is 0. The summed E-state index contributed by atoms with van der Waals surface area (Å²) < 4.78 is 76.1. The molecule has 1 nitrogen and oxygen atoms in total. The number of halogens is 6. The topological polar surface area (TPSA) is 12.0 Å². The molecule has 0 bridgehead atoms. The van der Waals surface area contributed by atoms with Gasteiger partial charge in [-0.1, -0.05) is 6.92 Å². The molecule has 7 heteroatoms. The molecule has 2 rings (SSSR count). The Morgan fingerprint density at radius 1 is 0.952 bits per heavy atom. The second-order valence-corrected chi connectivity index (χ2v) is 5.57. The summed E-state index contributed by atoms with van der Waals surface area (Å²) in [5.74, 6) is 0.551. The molecular formula is C14H15F6N. The Morgan fingerprint density at radius 3 is 1.81 bits per heavy atom. The highest BCUT2D eigenvalue weighted by Gasteiger charge is 2.37. The highest BCUT2D eigenvalue weighted by atomic mass is 19.4. The molecule has 21 heavy (non-hydrogen) atoms. The number of rotatable bonds is 3. The predicted molar refractivity (Wildman–Crippen MR) is 65.5 cm³/mol. The van der Waals surface area contributed by atoms with Crippen LogP contribution >= 0.6 is 0 Å². The van der Waals surface area contributed by atoms with E-state index in [2.05, 4.69) is 5.32 Å². The molecule has 1 aromatic rings. The first-order chi connectivity index (χ1) is 9.55. The van der Waals surface area contributed by atoms with Gasteiger partial charge in [0.25, 0.3) is 0 Å². The number of hydrogen-bond donors (Lipinski definition) is 1. The fourth-order valence-electron chi connectivity index (χ4n) is 2.45. The molecule has 1 aliphatic rings. The normalized spacial score (nSPS) is 23.0. The molecule has 0 unspecified atom stereocenters. The molecule has 0 aromatic heterocycles. The van der Waals surface area contributed by atoms with Crippen LogP contribution in [0.2, 0.25) is 0 Å². The van der Waals surface area contributed by atoms with Crippen LogP contribution in [0.25, 0.3) is 0 Å². The first-order valence-electron chi connectivity index (χ1n) is 6.57. The Morgan fingerprint density at radius 2 is 1.43 bits per heavy atom. The fourth-order valence-corrected chi connectivity index (χ4v) is 2.45. The summed E-state index contributed by atoms with van der Waals surface area (Å²) in [5.41, 5.74) is -2.54. The van der Waals surface area contributed by atoms with Gasteiger partial charge >= 0.3 is 12.4 Å². The summed E-state index contributed by atoms with van der Waals surface area (Å²) >= 11 is 0. The smallest absolute Gasteiger partial charge is 0.310 e. The largest absolute Gasteiger partial charge is 0.416 e. The van der Waals surface area contributed by atoms with Crippen LogP contribution < -0.4 is 5.32 Å². The van der Waals surface area contributed by atoms with Crippen LogP contribution in [0, 0.1) is 5.92 Å². The molecule has 0 saturated heterocycles. The van der Waals surface area contributed by atoms with Gasteiger partial charge in [-0.05, 0) is 42.5 Å². The number of hydrogen-bond acceptors (Lipinski definition) is 1. The lowest BCUT2D eigenvalue weighted by atomic mass is 9.82. The maximum absolute atomic E-state index is 12.7. The molecule has 0 radical (unpaired) electrons. The highest BCUT2D eigenvalue weighted by Crippen LogP contribution is 2.36. The van der Waals surface area contributed by atoms with Crippen LogP contribution in [0.1, 0.15) is 36.5 Å². The Labute approximate surface area is 118 Å². The zero-order chi connectivity index (χ0) is 15.8. The number of benzene rings is 1. The molecule has 1 saturated carbocycles. The zero-order valence-electron chi connectivity index (χ0n) is 11.3. The molecule has 1 N–H and O–H groups in total. The molecule has 1 fully saturated rings. The van der Waals surface area contributed by atoms with Crippen molar-refractivity contribution in [1.29, 1.82) is 0 Å². The quantitative estimate of drug-likeness (QED) is 0.804. The third kappa shape index (κ3) is 4.12. The van der Waals surface area contributed by atoms with Gasteiger partial charge in [0.05, 0.1) is 11.1 Å². The van der Waals surface area contributed by atoms with Gasteiger partial charge in [0, 0.05) is 12.6 Å². The SMILES string of the molecule is CC1CC(NCc2cc(C(F)(F)F)cc(C(F)(F)F)c2)C1. The molecule has 1 aliphatic carbocycles. The maximum Gasteiger partial charge on any atom is 0.416 e.